The first kappa shape index (κ1) is 12.7. The van der Waals surface area contributed by atoms with Crippen molar-refractivity contribution in [2.24, 2.45) is 5.92 Å². The number of carboxylic acid groups (broad SMARTS) is 1. The quantitative estimate of drug-likeness (QED) is 0.427. The van der Waals surface area contributed by atoms with Gasteiger partial charge in [0, 0.05) is 11.6 Å². The van der Waals surface area contributed by atoms with Gasteiger partial charge in [0.05, 0.1) is 0 Å². The van der Waals surface area contributed by atoms with Crippen LogP contribution < -0.4 is 0 Å². The molecule has 0 heterocycles. The lowest BCUT2D eigenvalue weighted by molar-refractivity contribution is -0.146. The fourth-order valence-corrected chi connectivity index (χ4v) is 2.00. The zero-order chi connectivity index (χ0) is 12.0. The van der Waals surface area contributed by atoms with Crippen LogP contribution in [0.4, 0.5) is 0 Å². The molecule has 0 aromatic heterocycles. The number of carboxylic acids is 1. The minimum absolute atomic E-state index is 0.0718. The van der Waals surface area contributed by atoms with Crippen molar-refractivity contribution in [1.82, 2.24) is 0 Å². The SMILES string of the molecule is O=C(/C=C(/C(=O)O)C1CCCCC1)OCO. The summed E-state index contributed by atoms with van der Waals surface area (Å²) in [5.41, 5.74) is 0.0955. The third-order valence-corrected chi connectivity index (χ3v) is 2.77. The molecule has 1 aliphatic carbocycles. The molecule has 0 unspecified atom stereocenters. The van der Waals surface area contributed by atoms with Gasteiger partial charge in [-0.15, -0.1) is 0 Å². The van der Waals surface area contributed by atoms with Gasteiger partial charge < -0.3 is 14.9 Å². The average Bonchev–Trinajstić information content (AvgIpc) is 2.27. The smallest absolute Gasteiger partial charge is 0.333 e. The molecule has 0 saturated heterocycles. The Bertz CT molecular complexity index is 289. The molecule has 0 atom stereocenters. The minimum atomic E-state index is -1.08. The number of carbonyl (C=O) groups is 2. The number of aliphatic hydroxyl groups is 1. The van der Waals surface area contributed by atoms with Crippen molar-refractivity contribution in [2.75, 3.05) is 6.79 Å². The predicted molar refractivity (Wildman–Crippen MR) is 55.5 cm³/mol. The second kappa shape index (κ2) is 6.27. The summed E-state index contributed by atoms with van der Waals surface area (Å²) >= 11 is 0. The Hall–Kier alpha value is -1.36. The third kappa shape index (κ3) is 3.66. The first-order valence-electron chi connectivity index (χ1n) is 5.37. The van der Waals surface area contributed by atoms with Gasteiger partial charge >= 0.3 is 11.9 Å². The summed E-state index contributed by atoms with van der Waals surface area (Å²) in [6.45, 7) is -0.729. The van der Waals surface area contributed by atoms with E-state index in [1.54, 1.807) is 0 Å². The zero-order valence-corrected chi connectivity index (χ0v) is 9.02. The minimum Gasteiger partial charge on any atom is -0.478 e. The number of hydrogen-bond acceptors (Lipinski definition) is 4. The number of carbonyl (C=O) groups excluding carboxylic acids is 1. The van der Waals surface area contributed by atoms with Crippen LogP contribution in [0.2, 0.25) is 0 Å². The first-order valence-corrected chi connectivity index (χ1v) is 5.37. The van der Waals surface area contributed by atoms with Crippen molar-refractivity contribution in [2.45, 2.75) is 32.1 Å². The van der Waals surface area contributed by atoms with E-state index in [2.05, 4.69) is 4.74 Å². The van der Waals surface area contributed by atoms with Gasteiger partial charge in [0.2, 0.25) is 0 Å². The van der Waals surface area contributed by atoms with Gasteiger partial charge in [-0.1, -0.05) is 19.3 Å². The van der Waals surface area contributed by atoms with E-state index >= 15 is 0 Å². The molecular weight excluding hydrogens is 212 g/mol. The summed E-state index contributed by atoms with van der Waals surface area (Å²) in [4.78, 5) is 22.1. The Balaban J connectivity index is 2.72. The van der Waals surface area contributed by atoms with Gasteiger partial charge in [-0.3, -0.25) is 0 Å². The van der Waals surface area contributed by atoms with Gasteiger partial charge in [0.15, 0.2) is 6.79 Å². The van der Waals surface area contributed by atoms with Crippen LogP contribution in [-0.2, 0) is 14.3 Å². The first-order chi connectivity index (χ1) is 7.65. The lowest BCUT2D eigenvalue weighted by Crippen LogP contribution is -2.18. The van der Waals surface area contributed by atoms with Crippen LogP contribution in [0.5, 0.6) is 0 Å². The van der Waals surface area contributed by atoms with Crippen LogP contribution in [0.25, 0.3) is 0 Å². The molecule has 0 amide bonds. The van der Waals surface area contributed by atoms with Crippen LogP contribution in [0.1, 0.15) is 32.1 Å². The maximum atomic E-state index is 11.1. The maximum absolute atomic E-state index is 11.1. The van der Waals surface area contributed by atoms with Crippen LogP contribution >= 0.6 is 0 Å². The molecule has 0 spiro atoms. The lowest BCUT2D eigenvalue weighted by atomic mass is 9.83. The summed E-state index contributed by atoms with van der Waals surface area (Å²) in [6, 6.07) is 0. The van der Waals surface area contributed by atoms with Crippen molar-refractivity contribution in [3.05, 3.63) is 11.6 Å². The van der Waals surface area contributed by atoms with Gasteiger partial charge in [0.25, 0.3) is 0 Å². The molecule has 1 fully saturated rings. The van der Waals surface area contributed by atoms with Crippen LogP contribution in [0.15, 0.2) is 11.6 Å². The molecule has 0 bridgehead atoms. The standard InChI is InChI=1S/C11H16O5/c12-7-16-10(13)6-9(11(14)15)8-4-2-1-3-5-8/h6,8,12H,1-5,7H2,(H,14,15)/b9-6+. The topological polar surface area (TPSA) is 83.8 Å². The highest BCUT2D eigenvalue weighted by molar-refractivity contribution is 5.95. The van der Waals surface area contributed by atoms with Crippen LogP contribution in [-0.4, -0.2) is 28.9 Å². The highest BCUT2D eigenvalue weighted by Gasteiger charge is 2.23. The van der Waals surface area contributed by atoms with Crippen LogP contribution in [0, 0.1) is 5.92 Å². The monoisotopic (exact) mass is 228 g/mol. The van der Waals surface area contributed by atoms with Crippen molar-refractivity contribution >= 4 is 11.9 Å². The molecule has 0 radical (unpaired) electrons. The summed E-state index contributed by atoms with van der Waals surface area (Å²) < 4.78 is 4.29. The van der Waals surface area contributed by atoms with E-state index in [1.807, 2.05) is 0 Å². The molecule has 1 rings (SSSR count). The highest BCUT2D eigenvalue weighted by Crippen LogP contribution is 2.29. The Morgan fingerprint density at radius 3 is 2.38 bits per heavy atom. The number of aliphatic carboxylic acids is 1. The van der Waals surface area contributed by atoms with E-state index in [-0.39, 0.29) is 11.5 Å². The maximum Gasteiger partial charge on any atom is 0.333 e. The number of ether oxygens (including phenoxy) is 1. The molecule has 16 heavy (non-hydrogen) atoms. The molecule has 0 aromatic carbocycles. The van der Waals surface area contributed by atoms with Gasteiger partial charge in [-0.25, -0.2) is 9.59 Å². The molecular formula is C11H16O5. The summed E-state index contributed by atoms with van der Waals surface area (Å²) in [7, 11) is 0. The average molecular weight is 228 g/mol. The molecule has 5 nitrogen and oxygen atoms in total. The van der Waals surface area contributed by atoms with Gasteiger partial charge in [0.1, 0.15) is 0 Å². The Morgan fingerprint density at radius 1 is 1.25 bits per heavy atom. The van der Waals surface area contributed by atoms with Crippen molar-refractivity contribution in [1.29, 1.82) is 0 Å². The van der Waals surface area contributed by atoms with Gasteiger partial charge in [-0.05, 0) is 18.8 Å². The van der Waals surface area contributed by atoms with E-state index in [4.69, 9.17) is 10.2 Å². The summed E-state index contributed by atoms with van der Waals surface area (Å²) in [5.74, 6) is -1.95. The second-order valence-corrected chi connectivity index (χ2v) is 3.83. The van der Waals surface area contributed by atoms with Crippen molar-refractivity contribution in [3.8, 4) is 0 Å². The Labute approximate surface area is 93.7 Å². The van der Waals surface area contributed by atoms with E-state index in [0.29, 0.717) is 0 Å². The zero-order valence-electron chi connectivity index (χ0n) is 9.02. The van der Waals surface area contributed by atoms with E-state index in [1.165, 1.54) is 0 Å². The Kier molecular flexibility index (Phi) is 4.98. The summed E-state index contributed by atoms with van der Waals surface area (Å²) in [6.07, 6.45) is 5.67. The van der Waals surface area contributed by atoms with Crippen LogP contribution in [0.3, 0.4) is 0 Å². The van der Waals surface area contributed by atoms with Crippen molar-refractivity contribution < 1.29 is 24.5 Å². The number of aliphatic hydroxyl groups excluding tert-OH is 1. The normalized spacial score (nSPS) is 18.2. The number of rotatable bonds is 4. The molecule has 5 heteroatoms. The fraction of sp³-hybridized carbons (Fsp3) is 0.636. The number of esters is 1. The third-order valence-electron chi connectivity index (χ3n) is 2.77. The van der Waals surface area contributed by atoms with Crippen molar-refractivity contribution in [3.63, 3.8) is 0 Å². The molecule has 1 aliphatic rings. The van der Waals surface area contributed by atoms with E-state index in [0.717, 1.165) is 38.2 Å². The van der Waals surface area contributed by atoms with E-state index < -0.39 is 18.7 Å². The summed E-state index contributed by atoms with van der Waals surface area (Å²) in [5, 5.41) is 17.4. The highest BCUT2D eigenvalue weighted by atomic mass is 16.6. The van der Waals surface area contributed by atoms with Gasteiger partial charge in [-0.2, -0.15) is 0 Å². The molecule has 90 valence electrons. The molecule has 1 saturated carbocycles. The predicted octanol–water partition coefficient (Wildman–Crippen LogP) is 1.07. The largest absolute Gasteiger partial charge is 0.478 e. The second-order valence-electron chi connectivity index (χ2n) is 3.83. The Morgan fingerprint density at radius 2 is 1.88 bits per heavy atom. The number of hydrogen-bond donors (Lipinski definition) is 2. The van der Waals surface area contributed by atoms with E-state index in [9.17, 15) is 9.59 Å². The molecule has 2 N–H and O–H groups in total. The fourth-order valence-electron chi connectivity index (χ4n) is 2.00. The molecule has 0 aliphatic heterocycles. The lowest BCUT2D eigenvalue weighted by Gasteiger charge is -2.21. The molecule has 0 aromatic rings.